The molecule has 0 atom stereocenters. The summed E-state index contributed by atoms with van der Waals surface area (Å²) in [4.78, 5) is 16.9. The van der Waals surface area contributed by atoms with Crippen LogP contribution in [-0.4, -0.2) is 60.5 Å². The van der Waals surface area contributed by atoms with Gasteiger partial charge in [-0.05, 0) is 32.6 Å². The standard InChI is InChI=1S/C15H25N3O/c1-4-9-17(12-13-5-6-13)14(19)15(2,3)18-10-7-16-8-11-18/h1,13,16H,5-12H2,2-3H3. The second kappa shape index (κ2) is 5.94. The van der Waals surface area contributed by atoms with E-state index in [2.05, 4.69) is 16.1 Å². The number of hydrogen-bond donors (Lipinski definition) is 1. The number of hydrogen-bond acceptors (Lipinski definition) is 3. The van der Waals surface area contributed by atoms with Gasteiger partial charge in [0.1, 0.15) is 0 Å². The highest BCUT2D eigenvalue weighted by Crippen LogP contribution is 2.30. The van der Waals surface area contributed by atoms with Gasteiger partial charge in [0.05, 0.1) is 12.1 Å². The van der Waals surface area contributed by atoms with E-state index in [1.165, 1.54) is 12.8 Å². The molecule has 106 valence electrons. The second-order valence-electron chi connectivity index (χ2n) is 6.13. The summed E-state index contributed by atoms with van der Waals surface area (Å²) >= 11 is 0. The van der Waals surface area contributed by atoms with Crippen molar-refractivity contribution in [3.63, 3.8) is 0 Å². The number of carbonyl (C=O) groups excluding carboxylic acids is 1. The summed E-state index contributed by atoms with van der Waals surface area (Å²) in [6.45, 7) is 9.07. The van der Waals surface area contributed by atoms with Crippen LogP contribution in [0.3, 0.4) is 0 Å². The predicted octanol–water partition coefficient (Wildman–Crippen LogP) is 0.542. The highest BCUT2D eigenvalue weighted by Gasteiger charge is 2.39. The first-order valence-corrected chi connectivity index (χ1v) is 7.24. The van der Waals surface area contributed by atoms with Gasteiger partial charge in [0.15, 0.2) is 0 Å². The molecule has 0 aromatic rings. The molecule has 1 aliphatic heterocycles. The van der Waals surface area contributed by atoms with Gasteiger partial charge in [-0.15, -0.1) is 6.42 Å². The lowest BCUT2D eigenvalue weighted by molar-refractivity contribution is -0.142. The van der Waals surface area contributed by atoms with E-state index in [1.807, 2.05) is 18.7 Å². The summed E-state index contributed by atoms with van der Waals surface area (Å²) < 4.78 is 0. The molecule has 0 radical (unpaired) electrons. The van der Waals surface area contributed by atoms with Gasteiger partial charge < -0.3 is 10.2 Å². The third kappa shape index (κ3) is 3.49. The van der Waals surface area contributed by atoms with E-state index in [4.69, 9.17) is 6.42 Å². The number of rotatable bonds is 5. The monoisotopic (exact) mass is 263 g/mol. The number of amides is 1. The van der Waals surface area contributed by atoms with Crippen LogP contribution in [0.15, 0.2) is 0 Å². The van der Waals surface area contributed by atoms with Crippen LogP contribution < -0.4 is 5.32 Å². The summed E-state index contributed by atoms with van der Waals surface area (Å²) in [6.07, 6.45) is 7.89. The average molecular weight is 263 g/mol. The topological polar surface area (TPSA) is 35.6 Å². The van der Waals surface area contributed by atoms with Crippen molar-refractivity contribution in [2.45, 2.75) is 32.2 Å². The Balaban J connectivity index is 2.02. The first-order valence-electron chi connectivity index (χ1n) is 7.24. The molecular weight excluding hydrogens is 238 g/mol. The van der Waals surface area contributed by atoms with Crippen LogP contribution in [0.2, 0.25) is 0 Å². The maximum atomic E-state index is 12.8. The maximum absolute atomic E-state index is 12.8. The first kappa shape index (κ1) is 14.4. The van der Waals surface area contributed by atoms with Crippen LogP contribution in [0.4, 0.5) is 0 Å². The molecule has 2 aliphatic rings. The third-order valence-corrected chi connectivity index (χ3v) is 4.18. The molecule has 0 bridgehead atoms. The number of carbonyl (C=O) groups is 1. The maximum Gasteiger partial charge on any atom is 0.243 e. The van der Waals surface area contributed by atoms with Crippen LogP contribution in [-0.2, 0) is 4.79 Å². The molecule has 0 spiro atoms. The summed E-state index contributed by atoms with van der Waals surface area (Å²) in [7, 11) is 0. The molecule has 0 unspecified atom stereocenters. The van der Waals surface area contributed by atoms with Crippen molar-refractivity contribution in [1.29, 1.82) is 0 Å². The number of terminal acetylenes is 1. The molecular formula is C15H25N3O. The van der Waals surface area contributed by atoms with Crippen molar-refractivity contribution < 1.29 is 4.79 Å². The Morgan fingerprint density at radius 3 is 2.58 bits per heavy atom. The molecule has 1 aliphatic carbocycles. The van der Waals surface area contributed by atoms with Gasteiger partial charge in [-0.3, -0.25) is 9.69 Å². The molecule has 1 amide bonds. The Kier molecular flexibility index (Phi) is 4.49. The van der Waals surface area contributed by atoms with E-state index in [0.29, 0.717) is 12.5 Å². The minimum atomic E-state index is -0.451. The summed E-state index contributed by atoms with van der Waals surface area (Å²) in [5.41, 5.74) is -0.451. The molecule has 0 aromatic heterocycles. The van der Waals surface area contributed by atoms with E-state index < -0.39 is 5.54 Å². The summed E-state index contributed by atoms with van der Waals surface area (Å²) in [6, 6.07) is 0. The average Bonchev–Trinajstić information content (AvgIpc) is 3.22. The fourth-order valence-corrected chi connectivity index (χ4v) is 2.69. The fraction of sp³-hybridized carbons (Fsp3) is 0.800. The molecule has 4 nitrogen and oxygen atoms in total. The molecule has 1 saturated carbocycles. The van der Waals surface area contributed by atoms with Crippen molar-refractivity contribution in [3.05, 3.63) is 0 Å². The van der Waals surface area contributed by atoms with Crippen LogP contribution in [0.25, 0.3) is 0 Å². The molecule has 0 aromatic carbocycles. The van der Waals surface area contributed by atoms with Gasteiger partial charge >= 0.3 is 0 Å². The van der Waals surface area contributed by atoms with Crippen LogP contribution in [0.1, 0.15) is 26.7 Å². The number of nitrogens with one attached hydrogen (secondary N) is 1. The normalized spacial score (nSPS) is 20.9. The van der Waals surface area contributed by atoms with Gasteiger partial charge in [-0.2, -0.15) is 0 Å². The molecule has 4 heteroatoms. The van der Waals surface area contributed by atoms with Gasteiger partial charge in [0.25, 0.3) is 0 Å². The zero-order valence-corrected chi connectivity index (χ0v) is 12.1. The largest absolute Gasteiger partial charge is 0.330 e. The molecule has 1 saturated heterocycles. The highest BCUT2D eigenvalue weighted by atomic mass is 16.2. The number of piperazine rings is 1. The zero-order valence-electron chi connectivity index (χ0n) is 12.1. The Labute approximate surface area is 116 Å². The van der Waals surface area contributed by atoms with Crippen LogP contribution >= 0.6 is 0 Å². The van der Waals surface area contributed by atoms with Gasteiger partial charge in [0, 0.05) is 32.7 Å². The third-order valence-electron chi connectivity index (χ3n) is 4.18. The Morgan fingerprint density at radius 1 is 1.42 bits per heavy atom. The predicted molar refractivity (Wildman–Crippen MR) is 76.7 cm³/mol. The highest BCUT2D eigenvalue weighted by molar-refractivity contribution is 5.85. The molecule has 2 rings (SSSR count). The SMILES string of the molecule is C#CCN(CC1CC1)C(=O)C(C)(C)N1CCNCC1. The summed E-state index contributed by atoms with van der Waals surface area (Å²) in [5, 5.41) is 3.32. The van der Waals surface area contributed by atoms with Gasteiger partial charge in [-0.25, -0.2) is 0 Å². The van der Waals surface area contributed by atoms with E-state index in [1.54, 1.807) is 0 Å². The van der Waals surface area contributed by atoms with Crippen molar-refractivity contribution in [2.24, 2.45) is 5.92 Å². The fourth-order valence-electron chi connectivity index (χ4n) is 2.69. The van der Waals surface area contributed by atoms with Crippen LogP contribution in [0.5, 0.6) is 0 Å². The summed E-state index contributed by atoms with van der Waals surface area (Å²) in [5.74, 6) is 3.49. The van der Waals surface area contributed by atoms with E-state index in [-0.39, 0.29) is 5.91 Å². The first-order chi connectivity index (χ1) is 9.05. The smallest absolute Gasteiger partial charge is 0.243 e. The van der Waals surface area contributed by atoms with Crippen LogP contribution in [0, 0.1) is 18.3 Å². The van der Waals surface area contributed by atoms with Crippen molar-refractivity contribution in [3.8, 4) is 12.3 Å². The molecule has 2 fully saturated rings. The zero-order chi connectivity index (χ0) is 13.9. The van der Waals surface area contributed by atoms with Gasteiger partial charge in [-0.1, -0.05) is 5.92 Å². The van der Waals surface area contributed by atoms with Crippen molar-refractivity contribution in [2.75, 3.05) is 39.3 Å². The quantitative estimate of drug-likeness (QED) is 0.736. The lowest BCUT2D eigenvalue weighted by atomic mass is 9.99. The molecule has 19 heavy (non-hydrogen) atoms. The van der Waals surface area contributed by atoms with Crippen molar-refractivity contribution in [1.82, 2.24) is 15.1 Å². The van der Waals surface area contributed by atoms with Gasteiger partial charge in [0.2, 0.25) is 5.91 Å². The second-order valence-corrected chi connectivity index (χ2v) is 6.13. The van der Waals surface area contributed by atoms with E-state index >= 15 is 0 Å². The minimum Gasteiger partial charge on any atom is -0.330 e. The Bertz CT molecular complexity index is 362. The van der Waals surface area contributed by atoms with E-state index in [9.17, 15) is 4.79 Å². The Hall–Kier alpha value is -1.05. The minimum absolute atomic E-state index is 0.180. The number of nitrogens with zero attached hydrogens (tertiary/aromatic N) is 2. The lowest BCUT2D eigenvalue weighted by Crippen LogP contribution is -2.60. The lowest BCUT2D eigenvalue weighted by Gasteiger charge is -2.42. The molecule has 1 N–H and O–H groups in total. The van der Waals surface area contributed by atoms with E-state index in [0.717, 1.165) is 32.7 Å². The van der Waals surface area contributed by atoms with Crippen molar-refractivity contribution >= 4 is 5.91 Å². The molecule has 1 heterocycles. The Morgan fingerprint density at radius 2 is 2.05 bits per heavy atom.